The van der Waals surface area contributed by atoms with Gasteiger partial charge in [-0.1, -0.05) is 0 Å². The van der Waals surface area contributed by atoms with Crippen molar-refractivity contribution in [1.29, 1.82) is 0 Å². The van der Waals surface area contributed by atoms with Gasteiger partial charge in [-0.3, -0.25) is 0 Å². The van der Waals surface area contributed by atoms with Crippen molar-refractivity contribution in [2.24, 2.45) is 0 Å². The molecule has 0 rings (SSSR count). The first-order valence-corrected chi connectivity index (χ1v) is 5.33. The summed E-state index contributed by atoms with van der Waals surface area (Å²) in [6.45, 7) is 0. The summed E-state index contributed by atoms with van der Waals surface area (Å²) in [5.41, 5.74) is 0. The first kappa shape index (κ1) is 5.11. The van der Waals surface area contributed by atoms with E-state index in [1.807, 2.05) is 0 Å². The van der Waals surface area contributed by atoms with Crippen molar-refractivity contribution in [2.75, 3.05) is 0 Å². The average molecular weight is 319 g/mol. The third-order valence-electron chi connectivity index (χ3n) is 0. The zero-order valence-electron chi connectivity index (χ0n) is 1.89. The van der Waals surface area contributed by atoms with E-state index in [1.165, 1.54) is 0 Å². The second-order valence-electron chi connectivity index (χ2n) is 0.324. The minimum atomic E-state index is -7.21. The molecule has 0 aliphatic carbocycles. The molecule has 0 fully saturated rings. The summed E-state index contributed by atoms with van der Waals surface area (Å²) in [6, 6.07) is 0. The molecule has 0 radical (unpaired) electrons. The van der Waals surface area contributed by atoms with E-state index < -0.39 is 12.2 Å². The van der Waals surface area contributed by atoms with Gasteiger partial charge in [0.15, 0.2) is 0 Å². The molecule has 0 aromatic heterocycles. The molecule has 0 nitrogen and oxygen atoms in total. The fraction of sp³-hybridized carbons (Fsp3) is 0. The SMILES string of the molecule is [F][Am]([F])([F])[F]. The van der Waals surface area contributed by atoms with Crippen LogP contribution in [0.4, 0.5) is 15.3 Å². The van der Waals surface area contributed by atoms with E-state index in [1.54, 1.807) is 0 Å². The monoisotopic (exact) mass is 317 g/mol. The number of hydrogen-bond donors (Lipinski definition) is 0. The molecular weight excluding hydrogens is 319 g/mol. The van der Waals surface area contributed by atoms with Gasteiger partial charge in [0.2, 0.25) is 0 Å². The molecule has 5 heavy (non-hydrogen) atoms. The molecular formula is AmF4. The van der Waals surface area contributed by atoms with Gasteiger partial charge < -0.3 is 0 Å². The quantitative estimate of drug-likeness (QED) is 0.596. The molecule has 0 unspecified atom stereocenters. The van der Waals surface area contributed by atoms with Crippen LogP contribution in [0.5, 0.6) is 0 Å². The second-order valence-corrected chi connectivity index (χ2v) is 3.02. The van der Waals surface area contributed by atoms with Crippen LogP contribution >= 0.6 is 0 Å². The Balaban J connectivity index is 3.02. The zero-order valence-corrected chi connectivity index (χ0v) is 5.04. The normalized spacial score (nSPS) is 12.0. The van der Waals surface area contributed by atoms with E-state index in [0.717, 1.165) is 0 Å². The number of rotatable bonds is 0. The van der Waals surface area contributed by atoms with Crippen molar-refractivity contribution in [1.82, 2.24) is 0 Å². The van der Waals surface area contributed by atoms with Crippen LogP contribution in [0, 0.1) is 12.2 Å². The van der Waals surface area contributed by atoms with Crippen LogP contribution in [0.1, 0.15) is 0 Å². The molecule has 0 aromatic rings. The van der Waals surface area contributed by atoms with Crippen molar-refractivity contribution in [3.05, 3.63) is 0 Å². The van der Waals surface area contributed by atoms with Crippen LogP contribution in [-0.4, -0.2) is 0 Å². The van der Waals surface area contributed by atoms with Gasteiger partial charge in [0.1, 0.15) is 0 Å². The van der Waals surface area contributed by atoms with Gasteiger partial charge in [0.05, 0.1) is 0 Å². The van der Waals surface area contributed by atoms with Gasteiger partial charge in [0.25, 0.3) is 0 Å². The Morgan fingerprint density at radius 1 is 0.800 bits per heavy atom. The van der Waals surface area contributed by atoms with Gasteiger partial charge >= 0.3 is 27.5 Å². The Hall–Kier alpha value is 0.110. The molecule has 0 atom stereocenters. The summed E-state index contributed by atoms with van der Waals surface area (Å²) in [5.74, 6) is 0. The molecule has 0 saturated heterocycles. The first-order valence-electron chi connectivity index (χ1n) is 0.571. The van der Waals surface area contributed by atoms with Gasteiger partial charge in [-0.25, -0.2) is 0 Å². The second kappa shape index (κ2) is 1.06. The fourth-order valence-electron chi connectivity index (χ4n) is 0. The molecule has 0 aromatic carbocycles. The Morgan fingerprint density at radius 3 is 0.800 bits per heavy atom. The van der Waals surface area contributed by atoms with Gasteiger partial charge in [-0.2, -0.15) is 0 Å². The van der Waals surface area contributed by atoms with E-state index in [4.69, 9.17) is 0 Å². The molecule has 0 N–H and O–H groups in total. The average Bonchev–Trinajstić information content (AvgIpc) is 0.722. The molecule has 0 aliphatic rings. The van der Waals surface area contributed by atoms with E-state index in [2.05, 4.69) is 0 Å². The molecule has 0 aliphatic heterocycles. The van der Waals surface area contributed by atoms with Crippen LogP contribution in [0.3, 0.4) is 0 Å². The summed E-state index contributed by atoms with van der Waals surface area (Å²) in [4.78, 5) is 0. The molecule has 0 amide bonds. The predicted molar refractivity (Wildman–Crippen MR) is 4.43 cm³/mol. The third kappa shape index (κ3) is 1520. The topological polar surface area (TPSA) is 0 Å². The van der Waals surface area contributed by atoms with E-state index in [9.17, 15) is 15.3 Å². The fourth-order valence-corrected chi connectivity index (χ4v) is 0. The summed E-state index contributed by atoms with van der Waals surface area (Å²) in [5, 5.41) is 0. The van der Waals surface area contributed by atoms with Crippen LogP contribution in [0.25, 0.3) is 0 Å². The molecule has 0 saturated carbocycles. The molecule has 0 heterocycles. The van der Waals surface area contributed by atoms with Crippen molar-refractivity contribution in [3.63, 3.8) is 0 Å². The number of hydrogen-bond acceptors (Lipinski definition) is 0. The van der Waals surface area contributed by atoms with Crippen LogP contribution < -0.4 is 0 Å². The Morgan fingerprint density at radius 2 is 0.800 bits per heavy atom. The summed E-state index contributed by atoms with van der Waals surface area (Å²) >= 11 is -7.21. The van der Waals surface area contributed by atoms with Gasteiger partial charge in [0, 0.05) is 0 Å². The maximum absolute atomic E-state index is 9.90. The molecule has 0 bridgehead atoms. The summed E-state index contributed by atoms with van der Waals surface area (Å²) in [7, 11) is 0. The minimum absolute atomic E-state index is 7.21. The predicted octanol–water partition coefficient (Wildman–Crippen LogP) is 1.68. The van der Waals surface area contributed by atoms with E-state index >= 15 is 0 Å². The summed E-state index contributed by atoms with van der Waals surface area (Å²) < 4.78 is 39.6. The Kier molecular flexibility index (Phi) is 1.09. The van der Waals surface area contributed by atoms with Crippen LogP contribution in [0.15, 0.2) is 0 Å². The Bertz CT molecular complexity index is 19.1. The number of halogens is 4. The molecule has 0 spiro atoms. The first-order chi connectivity index (χ1) is 2.00. The summed E-state index contributed by atoms with van der Waals surface area (Å²) in [6.07, 6.45) is 0. The standard InChI is InChI=1S/Am.4FH/h;4*1H/q+4;;;;/p-4. The van der Waals surface area contributed by atoms with Gasteiger partial charge in [-0.05, 0) is 0 Å². The van der Waals surface area contributed by atoms with Crippen LogP contribution in [-0.2, 0) is 0 Å². The van der Waals surface area contributed by atoms with Crippen molar-refractivity contribution in [2.45, 2.75) is 0 Å². The van der Waals surface area contributed by atoms with E-state index in [0.29, 0.717) is 0 Å². The molecule has 35 valence electrons. The maximum atomic E-state index is 9.90. The third-order valence-corrected chi connectivity index (χ3v) is 0. The van der Waals surface area contributed by atoms with Crippen molar-refractivity contribution < 1.29 is 27.5 Å². The zero-order chi connectivity index (χ0) is 4.50. The molecule has 5 heteroatoms. The van der Waals surface area contributed by atoms with Crippen molar-refractivity contribution >= 4 is 0 Å². The van der Waals surface area contributed by atoms with Gasteiger partial charge in [-0.15, -0.1) is 0 Å². The van der Waals surface area contributed by atoms with E-state index in [-0.39, 0.29) is 0 Å². The Labute approximate surface area is 28.6 Å². The van der Waals surface area contributed by atoms with Crippen molar-refractivity contribution in [3.8, 4) is 0 Å². The van der Waals surface area contributed by atoms with Crippen LogP contribution in [0.2, 0.25) is 0 Å².